The van der Waals surface area contributed by atoms with Gasteiger partial charge in [0, 0.05) is 7.11 Å². The van der Waals surface area contributed by atoms with Crippen molar-refractivity contribution >= 4 is 47.7 Å². The van der Waals surface area contributed by atoms with Gasteiger partial charge in [-0.15, -0.1) is 0 Å². The highest BCUT2D eigenvalue weighted by molar-refractivity contribution is 5.87. The number of ketones is 2. The lowest BCUT2D eigenvalue weighted by molar-refractivity contribution is -0.509. The van der Waals surface area contributed by atoms with Crippen molar-refractivity contribution < 1.29 is 81.7 Å². The molecule has 2 heterocycles. The van der Waals surface area contributed by atoms with Gasteiger partial charge in [-0.05, 0) is 76.2 Å². The summed E-state index contributed by atoms with van der Waals surface area (Å²) in [5.41, 5.74) is 0. The van der Waals surface area contributed by atoms with Crippen LogP contribution in [0.5, 0.6) is 0 Å². The molecule has 17 heteroatoms. The summed E-state index contributed by atoms with van der Waals surface area (Å²) in [7, 11) is 1.41. The SMILES string of the molecule is CC.CC(=O)C(C)OC(=O)C(C)O.CC1OC(=O)C(C)OC1=O.CC=[O+][C-]1OC(C)C(=O)OC1C.COC(C)C(=O)OC(C)C(C)=O.O. The third-order valence-electron chi connectivity index (χ3n) is 5.49. The zero-order valence-corrected chi connectivity index (χ0v) is 30.3. The maximum absolute atomic E-state index is 11.0. The lowest BCUT2D eigenvalue weighted by Crippen LogP contribution is -2.40. The quantitative estimate of drug-likeness (QED) is 0.122. The third kappa shape index (κ3) is 21.8. The lowest BCUT2D eigenvalue weighted by atomic mass is 10.3. The van der Waals surface area contributed by atoms with E-state index in [0.29, 0.717) is 6.29 Å². The van der Waals surface area contributed by atoms with E-state index < -0.39 is 72.7 Å². The molecule has 0 amide bonds. The van der Waals surface area contributed by atoms with Crippen molar-refractivity contribution in [1.29, 1.82) is 0 Å². The molecule has 2 rings (SSSR count). The zero-order valence-electron chi connectivity index (χ0n) is 30.3. The fourth-order valence-electron chi connectivity index (χ4n) is 2.32. The summed E-state index contributed by atoms with van der Waals surface area (Å²) in [4.78, 5) is 75.1. The molecule has 8 atom stereocenters. The maximum Gasteiger partial charge on any atom is 0.347 e. The Hall–Kier alpha value is -3.93. The first kappa shape index (κ1) is 50.9. The van der Waals surface area contributed by atoms with Gasteiger partial charge in [-0.2, -0.15) is 0 Å². The lowest BCUT2D eigenvalue weighted by Gasteiger charge is -2.27. The van der Waals surface area contributed by atoms with Gasteiger partial charge in [-0.1, -0.05) is 13.8 Å². The van der Waals surface area contributed by atoms with Crippen LogP contribution in [0.2, 0.25) is 0 Å². The van der Waals surface area contributed by atoms with Crippen LogP contribution in [0, 0.1) is 6.29 Å². The number of rotatable bonds is 8. The van der Waals surface area contributed by atoms with Gasteiger partial charge in [0.1, 0.15) is 18.5 Å². The predicted octanol–water partition coefficient (Wildman–Crippen LogP) is 1.08. The highest BCUT2D eigenvalue weighted by atomic mass is 16.7. The van der Waals surface area contributed by atoms with Gasteiger partial charge in [0.25, 0.3) is 0 Å². The molecule has 0 aliphatic carbocycles. The van der Waals surface area contributed by atoms with Gasteiger partial charge in [-0.3, -0.25) is 9.59 Å². The standard InChI is InChI=1S/C8H12O4.C8H14O4.C7H12O4.C6H8O4.C2H6.H2O/c1-4-10-8-6(3)11-7(9)5(2)12-8;1-5(9)6(2)12-8(10)7(3)11-4;1-4(8)6(3)11-7(10)5(2)9;1-3-5(7)10-4(2)6(8)9-3;1-2;/h4-6H,1-3H3;6-7H,1-4H3;5-6,9H,1-3H3;3-4H,1-2H3;1-2H3;1H2. The van der Waals surface area contributed by atoms with Crippen LogP contribution in [-0.4, -0.2) is 114 Å². The molecule has 3 N–H and O–H groups in total. The number of aliphatic hydroxyl groups is 1. The number of hydrogen-bond acceptors (Lipinski definition) is 15. The zero-order chi connectivity index (χ0) is 37.6. The van der Waals surface area contributed by atoms with Crippen LogP contribution in [0.4, 0.5) is 0 Å². The number of aldehydes is 1. The Kier molecular flexibility index (Phi) is 28.7. The van der Waals surface area contributed by atoms with Crippen molar-refractivity contribution in [2.45, 2.75) is 139 Å². The first-order valence-corrected chi connectivity index (χ1v) is 14.9. The fraction of sp³-hybridized carbons (Fsp3) is 0.710. The molecule has 2 saturated heterocycles. The summed E-state index contributed by atoms with van der Waals surface area (Å²) >= 11 is 0. The first-order chi connectivity index (χ1) is 21.7. The Balaban J connectivity index is -0.000000263. The molecular weight excluding hydrogens is 644 g/mol. The fourth-order valence-corrected chi connectivity index (χ4v) is 2.32. The van der Waals surface area contributed by atoms with Crippen LogP contribution in [0.15, 0.2) is 0 Å². The number of cyclic esters (lactones) is 3. The number of esters is 5. The highest BCUT2D eigenvalue weighted by Gasteiger charge is 2.35. The number of carbonyl (C=O) groups excluding carboxylic acids is 8. The van der Waals surface area contributed by atoms with E-state index in [1.165, 1.54) is 61.9 Å². The van der Waals surface area contributed by atoms with Crippen LogP contribution in [0.25, 0.3) is 0 Å². The minimum absolute atomic E-state index is 0. The van der Waals surface area contributed by atoms with Crippen molar-refractivity contribution in [1.82, 2.24) is 0 Å². The third-order valence-corrected chi connectivity index (χ3v) is 5.49. The number of ether oxygens (including phenoxy) is 7. The van der Waals surface area contributed by atoms with Crippen LogP contribution >= 0.6 is 0 Å². The van der Waals surface area contributed by atoms with Crippen LogP contribution in [-0.2, 0) is 71.1 Å². The molecule has 17 nitrogen and oxygen atoms in total. The normalized spacial score (nSPS) is 22.0. The topological polar surface area (TPSA) is 247 Å². The number of Topliss-reactive ketones (excluding diaryl/α,β-unsaturated/α-hetero) is 2. The molecule has 280 valence electrons. The molecule has 0 radical (unpaired) electrons. The van der Waals surface area contributed by atoms with Crippen LogP contribution < -0.4 is 0 Å². The van der Waals surface area contributed by atoms with E-state index >= 15 is 0 Å². The molecule has 2 aliphatic rings. The van der Waals surface area contributed by atoms with E-state index in [-0.39, 0.29) is 23.0 Å². The van der Waals surface area contributed by atoms with E-state index in [0.717, 1.165) is 0 Å². The largest absolute Gasteiger partial charge is 0.463 e. The smallest absolute Gasteiger partial charge is 0.347 e. The predicted molar refractivity (Wildman–Crippen MR) is 168 cm³/mol. The van der Waals surface area contributed by atoms with Gasteiger partial charge >= 0.3 is 36.1 Å². The summed E-state index contributed by atoms with van der Waals surface area (Å²) in [6.45, 7) is 20.5. The summed E-state index contributed by atoms with van der Waals surface area (Å²) in [6, 6.07) is 0. The van der Waals surface area contributed by atoms with Gasteiger partial charge < -0.3 is 48.2 Å². The summed E-state index contributed by atoms with van der Waals surface area (Å²) in [6.07, 6.45) is -3.91. The molecule has 8 unspecified atom stereocenters. The van der Waals surface area contributed by atoms with Crippen molar-refractivity contribution in [3.63, 3.8) is 0 Å². The average Bonchev–Trinajstić information content (AvgIpc) is 3.00. The Morgan fingerprint density at radius 2 is 1.12 bits per heavy atom. The van der Waals surface area contributed by atoms with Gasteiger partial charge in [0.15, 0.2) is 48.2 Å². The van der Waals surface area contributed by atoms with E-state index in [2.05, 4.69) is 14.2 Å². The Morgan fingerprint density at radius 1 is 0.750 bits per heavy atom. The summed E-state index contributed by atoms with van der Waals surface area (Å²) in [5, 5.41) is 8.67. The Bertz CT molecular complexity index is 1020. The molecule has 0 aromatic carbocycles. The van der Waals surface area contributed by atoms with Crippen molar-refractivity contribution in [2.75, 3.05) is 7.11 Å². The van der Waals surface area contributed by atoms with Gasteiger partial charge in [0.2, 0.25) is 0 Å². The van der Waals surface area contributed by atoms with Crippen molar-refractivity contribution in [3.05, 3.63) is 6.29 Å². The minimum Gasteiger partial charge on any atom is -0.463 e. The van der Waals surface area contributed by atoms with Gasteiger partial charge in [0.05, 0.1) is 0 Å². The number of hydrogen-bond donors (Lipinski definition) is 1. The van der Waals surface area contributed by atoms with Crippen LogP contribution in [0.3, 0.4) is 0 Å². The van der Waals surface area contributed by atoms with E-state index in [1.54, 1.807) is 27.7 Å². The van der Waals surface area contributed by atoms with E-state index in [4.69, 9.17) is 28.5 Å². The monoisotopic (exact) mass is 698 g/mol. The Labute approximate surface area is 281 Å². The maximum atomic E-state index is 11.0. The summed E-state index contributed by atoms with van der Waals surface area (Å²) < 4.78 is 38.3. The second kappa shape index (κ2) is 27.1. The highest BCUT2D eigenvalue weighted by Crippen LogP contribution is 2.20. The molecule has 0 bridgehead atoms. The second-order valence-electron chi connectivity index (χ2n) is 9.60. The molecule has 2 fully saturated rings. The first-order valence-electron chi connectivity index (χ1n) is 14.9. The van der Waals surface area contributed by atoms with Crippen molar-refractivity contribution in [3.8, 4) is 0 Å². The second-order valence-corrected chi connectivity index (χ2v) is 9.60. The van der Waals surface area contributed by atoms with E-state index in [1.807, 2.05) is 13.8 Å². The van der Waals surface area contributed by atoms with Crippen molar-refractivity contribution in [2.24, 2.45) is 0 Å². The average molecular weight is 699 g/mol. The summed E-state index contributed by atoms with van der Waals surface area (Å²) in [5.74, 6) is -3.01. The molecule has 0 aromatic rings. The van der Waals surface area contributed by atoms with E-state index in [9.17, 15) is 33.6 Å². The minimum atomic E-state index is -1.17. The molecule has 0 saturated carbocycles. The number of carbonyl (C=O) groups is 7. The number of methoxy groups -OCH3 is 1. The Morgan fingerprint density at radius 3 is 1.46 bits per heavy atom. The molecule has 0 aromatic heterocycles. The molecule has 0 spiro atoms. The number of aliphatic hydroxyl groups excluding tert-OH is 1. The molecule has 48 heavy (non-hydrogen) atoms. The molecule has 2 aliphatic heterocycles. The van der Waals surface area contributed by atoms with Gasteiger partial charge in [-0.25, -0.2) is 24.0 Å². The van der Waals surface area contributed by atoms with Crippen LogP contribution in [0.1, 0.15) is 90.0 Å². The molecular formula is C31H54O17.